The molecule has 0 atom stereocenters. The molecular formula is C26H28BrN7O. The van der Waals surface area contributed by atoms with E-state index < -0.39 is 0 Å². The minimum absolute atomic E-state index is 0.784. The van der Waals surface area contributed by atoms with Gasteiger partial charge < -0.3 is 19.5 Å². The number of imidazole rings is 1. The molecular weight excluding hydrogens is 506 g/mol. The average Bonchev–Trinajstić information content (AvgIpc) is 3.35. The molecule has 180 valence electrons. The number of halogens is 1. The van der Waals surface area contributed by atoms with E-state index in [-0.39, 0.29) is 0 Å². The van der Waals surface area contributed by atoms with E-state index in [1.165, 1.54) is 11.3 Å². The Bertz CT molecular complexity index is 1280. The van der Waals surface area contributed by atoms with Crippen LogP contribution in [0.2, 0.25) is 0 Å². The second-order valence-electron chi connectivity index (χ2n) is 9.01. The van der Waals surface area contributed by atoms with Crippen LogP contribution >= 0.6 is 15.9 Å². The van der Waals surface area contributed by atoms with Gasteiger partial charge in [0.25, 0.3) is 0 Å². The van der Waals surface area contributed by atoms with Crippen molar-refractivity contribution >= 4 is 38.5 Å². The first-order valence-corrected chi connectivity index (χ1v) is 12.9. The van der Waals surface area contributed by atoms with Crippen LogP contribution in [0.4, 0.5) is 11.4 Å². The molecule has 0 spiro atoms. The highest BCUT2D eigenvalue weighted by Crippen LogP contribution is 2.34. The summed E-state index contributed by atoms with van der Waals surface area (Å²) in [5, 5.41) is 0. The summed E-state index contributed by atoms with van der Waals surface area (Å²) in [6.07, 6.45) is 5.65. The molecule has 0 unspecified atom stereocenters. The highest BCUT2D eigenvalue weighted by molar-refractivity contribution is 9.10. The third kappa shape index (κ3) is 4.76. The standard InChI is InChI=1S/C26H28BrN7O/c27-22-17-29-26-23(24(22)34-10-8-32(9-11-34)18-19-2-1-7-28-16-19)30-25(31-26)20-3-5-21(6-4-20)33-12-14-35-15-13-33/h1-7,16-17H,8-15,18H2,(H,29,30,31). The van der Waals surface area contributed by atoms with Crippen molar-refractivity contribution in [3.05, 3.63) is 65.0 Å². The first kappa shape index (κ1) is 22.5. The maximum absolute atomic E-state index is 5.47. The van der Waals surface area contributed by atoms with E-state index in [9.17, 15) is 0 Å². The van der Waals surface area contributed by atoms with Crippen LogP contribution in [0.25, 0.3) is 22.6 Å². The van der Waals surface area contributed by atoms with Crippen molar-refractivity contribution in [2.45, 2.75) is 6.54 Å². The Morgan fingerprint density at radius 1 is 0.914 bits per heavy atom. The molecule has 2 aliphatic rings. The van der Waals surface area contributed by atoms with Gasteiger partial charge in [-0.25, -0.2) is 9.97 Å². The lowest BCUT2D eigenvalue weighted by Gasteiger charge is -2.36. The van der Waals surface area contributed by atoms with Crippen molar-refractivity contribution in [3.8, 4) is 11.4 Å². The fourth-order valence-corrected chi connectivity index (χ4v) is 5.43. The van der Waals surface area contributed by atoms with E-state index in [2.05, 4.69) is 75.9 Å². The number of fused-ring (bicyclic) bond motifs is 1. The number of hydrogen-bond acceptors (Lipinski definition) is 7. The van der Waals surface area contributed by atoms with Gasteiger partial charge in [-0.1, -0.05) is 6.07 Å². The molecule has 8 nitrogen and oxygen atoms in total. The molecule has 6 rings (SSSR count). The first-order valence-electron chi connectivity index (χ1n) is 12.1. The SMILES string of the molecule is Brc1cnc2[nH]c(-c3ccc(N4CCOCC4)cc3)nc2c1N1CCN(Cc2cccnc2)CC1. The molecule has 2 fully saturated rings. The van der Waals surface area contributed by atoms with Crippen molar-refractivity contribution in [3.63, 3.8) is 0 Å². The summed E-state index contributed by atoms with van der Waals surface area (Å²) in [5.74, 6) is 0.843. The lowest BCUT2D eigenvalue weighted by atomic mass is 10.2. The predicted octanol–water partition coefficient (Wildman–Crippen LogP) is 3.94. The van der Waals surface area contributed by atoms with Crippen molar-refractivity contribution < 1.29 is 4.74 Å². The van der Waals surface area contributed by atoms with Crippen molar-refractivity contribution in [2.24, 2.45) is 0 Å². The van der Waals surface area contributed by atoms with Crippen LogP contribution < -0.4 is 9.80 Å². The van der Waals surface area contributed by atoms with Crippen molar-refractivity contribution in [2.75, 3.05) is 62.3 Å². The van der Waals surface area contributed by atoms with Gasteiger partial charge in [-0.3, -0.25) is 9.88 Å². The number of morpholine rings is 1. The molecule has 35 heavy (non-hydrogen) atoms. The summed E-state index contributed by atoms with van der Waals surface area (Å²) in [6.45, 7) is 8.22. The maximum Gasteiger partial charge on any atom is 0.159 e. The molecule has 0 aliphatic carbocycles. The molecule has 2 saturated heterocycles. The van der Waals surface area contributed by atoms with Crippen molar-refractivity contribution in [1.29, 1.82) is 0 Å². The van der Waals surface area contributed by atoms with E-state index in [4.69, 9.17) is 9.72 Å². The van der Waals surface area contributed by atoms with Crippen LogP contribution in [0.1, 0.15) is 5.56 Å². The van der Waals surface area contributed by atoms with E-state index in [0.717, 1.165) is 91.7 Å². The van der Waals surface area contributed by atoms with Crippen molar-refractivity contribution in [1.82, 2.24) is 24.8 Å². The van der Waals surface area contributed by atoms with E-state index >= 15 is 0 Å². The lowest BCUT2D eigenvalue weighted by molar-refractivity contribution is 0.122. The summed E-state index contributed by atoms with van der Waals surface area (Å²) >= 11 is 3.75. The highest BCUT2D eigenvalue weighted by atomic mass is 79.9. The molecule has 4 aromatic rings. The summed E-state index contributed by atoms with van der Waals surface area (Å²) in [5.41, 5.74) is 6.37. The van der Waals surface area contributed by atoms with Gasteiger partial charge in [-0.05, 0) is 51.8 Å². The number of benzene rings is 1. The molecule has 1 aromatic carbocycles. The molecule has 3 aromatic heterocycles. The summed E-state index contributed by atoms with van der Waals surface area (Å²) in [4.78, 5) is 24.6. The molecule has 0 radical (unpaired) electrons. The zero-order chi connectivity index (χ0) is 23.6. The number of aromatic amines is 1. The van der Waals surface area contributed by atoms with Gasteiger partial charge in [0.15, 0.2) is 5.65 Å². The van der Waals surface area contributed by atoms with Gasteiger partial charge in [0.2, 0.25) is 0 Å². The smallest absolute Gasteiger partial charge is 0.159 e. The van der Waals surface area contributed by atoms with Gasteiger partial charge in [-0.15, -0.1) is 0 Å². The fraction of sp³-hybridized carbons (Fsp3) is 0.346. The van der Waals surface area contributed by atoms with Crippen LogP contribution in [-0.4, -0.2) is 77.3 Å². The molecule has 0 amide bonds. The van der Waals surface area contributed by atoms with Gasteiger partial charge in [0, 0.05) is 75.7 Å². The van der Waals surface area contributed by atoms with Crippen LogP contribution in [0.15, 0.2) is 59.5 Å². The van der Waals surface area contributed by atoms with Crippen LogP contribution in [0.5, 0.6) is 0 Å². The quantitative estimate of drug-likeness (QED) is 0.416. The maximum atomic E-state index is 5.47. The monoisotopic (exact) mass is 533 g/mol. The average molecular weight is 534 g/mol. The summed E-state index contributed by atoms with van der Waals surface area (Å²) < 4.78 is 6.45. The van der Waals surface area contributed by atoms with E-state index in [1.54, 1.807) is 0 Å². The van der Waals surface area contributed by atoms with E-state index in [0.29, 0.717) is 0 Å². The molecule has 9 heteroatoms. The number of H-pyrrole nitrogens is 1. The number of aromatic nitrogens is 4. The Morgan fingerprint density at radius 2 is 1.71 bits per heavy atom. The number of nitrogens with zero attached hydrogens (tertiary/aromatic N) is 6. The Kier molecular flexibility index (Phi) is 6.37. The molecule has 1 N–H and O–H groups in total. The minimum atomic E-state index is 0.784. The molecule has 0 bridgehead atoms. The van der Waals surface area contributed by atoms with E-state index in [1.807, 2.05) is 24.7 Å². The largest absolute Gasteiger partial charge is 0.378 e. The molecule has 5 heterocycles. The Balaban J connectivity index is 1.21. The minimum Gasteiger partial charge on any atom is -0.378 e. The predicted molar refractivity (Wildman–Crippen MR) is 142 cm³/mol. The van der Waals surface area contributed by atoms with Gasteiger partial charge in [-0.2, -0.15) is 0 Å². The third-order valence-corrected chi connectivity index (χ3v) is 7.36. The lowest BCUT2D eigenvalue weighted by Crippen LogP contribution is -2.46. The van der Waals surface area contributed by atoms with Gasteiger partial charge in [0.1, 0.15) is 11.3 Å². The molecule has 0 saturated carbocycles. The summed E-state index contributed by atoms with van der Waals surface area (Å²) in [6, 6.07) is 12.7. The number of nitrogens with one attached hydrogen (secondary N) is 1. The summed E-state index contributed by atoms with van der Waals surface area (Å²) in [7, 11) is 0. The number of piperazine rings is 1. The number of pyridine rings is 2. The van der Waals surface area contributed by atoms with Crippen LogP contribution in [-0.2, 0) is 11.3 Å². The van der Waals surface area contributed by atoms with Crippen LogP contribution in [0, 0.1) is 0 Å². The third-order valence-electron chi connectivity index (χ3n) is 6.78. The van der Waals surface area contributed by atoms with Crippen LogP contribution in [0.3, 0.4) is 0 Å². The Labute approximate surface area is 213 Å². The fourth-order valence-electron chi connectivity index (χ4n) is 4.89. The molecule has 2 aliphatic heterocycles. The zero-order valence-electron chi connectivity index (χ0n) is 19.5. The Hall–Kier alpha value is -3.01. The zero-order valence-corrected chi connectivity index (χ0v) is 21.1. The number of rotatable bonds is 5. The normalized spacial score (nSPS) is 17.3. The highest BCUT2D eigenvalue weighted by Gasteiger charge is 2.23. The van der Waals surface area contributed by atoms with Gasteiger partial charge >= 0.3 is 0 Å². The second kappa shape index (κ2) is 9.93. The Morgan fingerprint density at radius 3 is 2.46 bits per heavy atom. The second-order valence-corrected chi connectivity index (χ2v) is 9.86. The van der Waals surface area contributed by atoms with Gasteiger partial charge in [0.05, 0.1) is 23.4 Å². The number of hydrogen-bond donors (Lipinski definition) is 1. The topological polar surface area (TPSA) is 73.4 Å². The first-order chi connectivity index (χ1) is 17.2. The number of ether oxygens (including phenoxy) is 1. The number of anilines is 2.